The van der Waals surface area contributed by atoms with E-state index in [0.29, 0.717) is 0 Å². The fourth-order valence-corrected chi connectivity index (χ4v) is 1.38. The van der Waals surface area contributed by atoms with Crippen molar-refractivity contribution >= 4 is 5.69 Å². The van der Waals surface area contributed by atoms with Gasteiger partial charge in [0, 0.05) is 17.5 Å². The first-order valence-electron chi connectivity index (χ1n) is 4.43. The minimum absolute atomic E-state index is 0.130. The van der Waals surface area contributed by atoms with Crippen molar-refractivity contribution in [3.05, 3.63) is 39.4 Å². The number of nitrogens with two attached hydrogens (primary N) is 1. The minimum atomic E-state index is -1.19. The monoisotopic (exact) mass is 232 g/mol. The molecule has 0 saturated carbocycles. The largest absolute Gasteiger partial charge is 0.305 e. The zero-order valence-electron chi connectivity index (χ0n) is 8.44. The molecule has 16 heavy (non-hydrogen) atoms. The second-order valence-electron chi connectivity index (χ2n) is 3.29. The van der Waals surface area contributed by atoms with Crippen LogP contribution in [0.3, 0.4) is 0 Å². The summed E-state index contributed by atoms with van der Waals surface area (Å²) >= 11 is 0. The first-order valence-corrected chi connectivity index (χ1v) is 4.43. The smallest absolute Gasteiger partial charge is 0.304 e. The van der Waals surface area contributed by atoms with Crippen molar-refractivity contribution in [1.29, 1.82) is 0 Å². The Bertz CT molecular complexity index is 412. The van der Waals surface area contributed by atoms with Crippen molar-refractivity contribution in [1.82, 2.24) is 0 Å². The summed E-state index contributed by atoms with van der Waals surface area (Å²) in [6, 6.07) is 1.63. The Kier molecular flexibility index (Phi) is 3.86. The highest BCUT2D eigenvalue weighted by Gasteiger charge is 2.24. The molecule has 1 aromatic carbocycles. The van der Waals surface area contributed by atoms with E-state index >= 15 is 0 Å². The van der Waals surface area contributed by atoms with Gasteiger partial charge in [0.2, 0.25) is 5.82 Å². The summed E-state index contributed by atoms with van der Waals surface area (Å²) in [7, 11) is 0. The lowest BCUT2D eigenvalue weighted by atomic mass is 10.00. The Morgan fingerprint density at radius 3 is 2.69 bits per heavy atom. The van der Waals surface area contributed by atoms with Crippen LogP contribution in [-0.4, -0.2) is 11.5 Å². The van der Waals surface area contributed by atoms with E-state index in [1.165, 1.54) is 6.92 Å². The van der Waals surface area contributed by atoms with Crippen molar-refractivity contribution in [2.45, 2.75) is 12.8 Å². The molecule has 0 aliphatic rings. The van der Waals surface area contributed by atoms with E-state index in [2.05, 4.69) is 4.84 Å². The molecule has 2 N–H and O–H groups in total. The third kappa shape index (κ3) is 2.31. The summed E-state index contributed by atoms with van der Waals surface area (Å²) in [6.45, 7) is 1.33. The number of hydrogen-bond acceptors (Lipinski definition) is 4. The molecule has 1 rings (SSSR count). The molecule has 0 saturated heterocycles. The summed E-state index contributed by atoms with van der Waals surface area (Å²) < 4.78 is 26.9. The number of hydrogen-bond donors (Lipinski definition) is 1. The standard InChI is InChI=1S/C9H10F2N2O3/c1-5(4-16-12)8-6(10)2-3-7(9(8)11)13(14)15/h2-3,5H,4,12H2,1H3. The Morgan fingerprint density at radius 1 is 1.56 bits per heavy atom. The molecule has 5 nitrogen and oxygen atoms in total. The zero-order chi connectivity index (χ0) is 12.3. The van der Waals surface area contributed by atoms with Gasteiger partial charge in [-0.25, -0.2) is 10.3 Å². The molecular weight excluding hydrogens is 222 g/mol. The highest BCUT2D eigenvalue weighted by molar-refractivity contribution is 5.39. The third-order valence-corrected chi connectivity index (χ3v) is 2.14. The van der Waals surface area contributed by atoms with Crippen molar-refractivity contribution < 1.29 is 18.5 Å². The van der Waals surface area contributed by atoms with Gasteiger partial charge >= 0.3 is 5.69 Å². The molecule has 1 atom stereocenters. The molecule has 0 amide bonds. The molecule has 0 spiro atoms. The molecule has 1 unspecified atom stereocenters. The van der Waals surface area contributed by atoms with E-state index in [4.69, 9.17) is 5.90 Å². The van der Waals surface area contributed by atoms with Crippen LogP contribution in [-0.2, 0) is 4.84 Å². The second-order valence-corrected chi connectivity index (χ2v) is 3.29. The molecule has 88 valence electrons. The molecule has 0 fully saturated rings. The Labute approximate surface area is 89.9 Å². The van der Waals surface area contributed by atoms with Crippen LogP contribution < -0.4 is 5.90 Å². The van der Waals surface area contributed by atoms with Gasteiger partial charge in [0.15, 0.2) is 0 Å². The maximum atomic E-state index is 13.6. The normalized spacial score (nSPS) is 12.5. The van der Waals surface area contributed by atoms with Crippen molar-refractivity contribution in [3.8, 4) is 0 Å². The Balaban J connectivity index is 3.26. The highest BCUT2D eigenvalue weighted by Crippen LogP contribution is 2.28. The lowest BCUT2D eigenvalue weighted by Crippen LogP contribution is -2.12. The molecule has 0 radical (unpaired) electrons. The molecular formula is C9H10F2N2O3. The summed E-state index contributed by atoms with van der Waals surface area (Å²) in [6.07, 6.45) is 0. The first kappa shape index (κ1) is 12.5. The van der Waals surface area contributed by atoms with Gasteiger partial charge in [-0.15, -0.1) is 0 Å². The van der Waals surface area contributed by atoms with Gasteiger partial charge in [0.05, 0.1) is 11.5 Å². The molecule has 7 heteroatoms. The summed E-state index contributed by atoms with van der Waals surface area (Å²) in [5, 5.41) is 10.5. The Morgan fingerprint density at radius 2 is 2.19 bits per heavy atom. The van der Waals surface area contributed by atoms with Crippen molar-refractivity contribution in [2.24, 2.45) is 5.90 Å². The van der Waals surface area contributed by atoms with E-state index in [-0.39, 0.29) is 12.2 Å². The summed E-state index contributed by atoms with van der Waals surface area (Å²) in [5.74, 6) is 2.04. The minimum Gasteiger partial charge on any atom is -0.304 e. The van der Waals surface area contributed by atoms with Crippen LogP contribution in [0.2, 0.25) is 0 Å². The van der Waals surface area contributed by atoms with E-state index in [0.717, 1.165) is 12.1 Å². The topological polar surface area (TPSA) is 78.4 Å². The summed E-state index contributed by atoms with van der Waals surface area (Å²) in [5.41, 5.74) is -1.15. The van der Waals surface area contributed by atoms with E-state index in [1.807, 2.05) is 0 Å². The maximum absolute atomic E-state index is 13.6. The van der Waals surface area contributed by atoms with E-state index in [9.17, 15) is 18.9 Å². The van der Waals surface area contributed by atoms with Gasteiger partial charge < -0.3 is 4.84 Å². The van der Waals surface area contributed by atoms with Crippen LogP contribution in [0.15, 0.2) is 12.1 Å². The van der Waals surface area contributed by atoms with Crippen LogP contribution >= 0.6 is 0 Å². The number of nitro groups is 1. The fraction of sp³-hybridized carbons (Fsp3) is 0.333. The lowest BCUT2D eigenvalue weighted by molar-refractivity contribution is -0.387. The number of nitrogens with zero attached hydrogens (tertiary/aromatic N) is 1. The number of halogens is 2. The highest BCUT2D eigenvalue weighted by atomic mass is 19.1. The molecule has 0 heterocycles. The van der Waals surface area contributed by atoms with Crippen molar-refractivity contribution in [2.75, 3.05) is 6.61 Å². The number of nitro benzene ring substituents is 1. The fourth-order valence-electron chi connectivity index (χ4n) is 1.38. The van der Waals surface area contributed by atoms with Crippen LogP contribution in [0.1, 0.15) is 18.4 Å². The maximum Gasteiger partial charge on any atom is 0.305 e. The second kappa shape index (κ2) is 4.95. The van der Waals surface area contributed by atoms with Crippen LogP contribution in [0, 0.1) is 21.7 Å². The predicted molar refractivity (Wildman–Crippen MR) is 51.6 cm³/mol. The zero-order valence-corrected chi connectivity index (χ0v) is 8.44. The van der Waals surface area contributed by atoms with Crippen molar-refractivity contribution in [3.63, 3.8) is 0 Å². The SMILES string of the molecule is CC(CON)c1c(F)ccc([N+](=O)[O-])c1F. The van der Waals surface area contributed by atoms with Gasteiger partial charge in [-0.1, -0.05) is 6.92 Å². The molecule has 0 aliphatic heterocycles. The average molecular weight is 232 g/mol. The van der Waals surface area contributed by atoms with Gasteiger partial charge in [-0.2, -0.15) is 4.39 Å². The van der Waals surface area contributed by atoms with Gasteiger partial charge in [0.1, 0.15) is 5.82 Å². The quantitative estimate of drug-likeness (QED) is 0.634. The van der Waals surface area contributed by atoms with E-state index in [1.54, 1.807) is 0 Å². The van der Waals surface area contributed by atoms with Gasteiger partial charge in [0.25, 0.3) is 0 Å². The van der Waals surface area contributed by atoms with Crippen LogP contribution in [0.4, 0.5) is 14.5 Å². The van der Waals surface area contributed by atoms with Gasteiger partial charge in [-0.05, 0) is 6.07 Å². The Hall–Kier alpha value is -1.60. The van der Waals surface area contributed by atoms with Crippen LogP contribution in [0.5, 0.6) is 0 Å². The number of rotatable bonds is 4. The molecule has 0 aromatic heterocycles. The summed E-state index contributed by atoms with van der Waals surface area (Å²) in [4.78, 5) is 13.8. The molecule has 1 aromatic rings. The van der Waals surface area contributed by atoms with E-state index < -0.39 is 28.2 Å². The van der Waals surface area contributed by atoms with Gasteiger partial charge in [-0.3, -0.25) is 10.1 Å². The van der Waals surface area contributed by atoms with Crippen LogP contribution in [0.25, 0.3) is 0 Å². The lowest BCUT2D eigenvalue weighted by Gasteiger charge is -2.12. The first-order chi connectivity index (χ1) is 7.49. The average Bonchev–Trinajstić information content (AvgIpc) is 2.17. The number of benzene rings is 1. The predicted octanol–water partition coefficient (Wildman–Crippen LogP) is 1.87. The molecule has 0 aliphatic carbocycles. The molecule has 0 bridgehead atoms. The third-order valence-electron chi connectivity index (χ3n) is 2.14.